The van der Waals surface area contributed by atoms with Crippen molar-refractivity contribution >= 4 is 5.91 Å². The second-order valence-electron chi connectivity index (χ2n) is 6.04. The van der Waals surface area contributed by atoms with Gasteiger partial charge in [-0.15, -0.1) is 0 Å². The van der Waals surface area contributed by atoms with Gasteiger partial charge in [0, 0.05) is 25.2 Å². The lowest BCUT2D eigenvalue weighted by molar-refractivity contribution is -0.141. The van der Waals surface area contributed by atoms with Gasteiger partial charge < -0.3 is 15.0 Å². The van der Waals surface area contributed by atoms with Crippen molar-refractivity contribution in [1.29, 1.82) is 0 Å². The van der Waals surface area contributed by atoms with Crippen molar-refractivity contribution < 1.29 is 9.53 Å². The largest absolute Gasteiger partial charge is 0.369 e. The van der Waals surface area contributed by atoms with E-state index in [1.54, 1.807) is 0 Å². The quantitative estimate of drug-likeness (QED) is 0.796. The first kappa shape index (κ1) is 12.8. The van der Waals surface area contributed by atoms with E-state index in [2.05, 4.69) is 19.2 Å². The SMILES string of the molecule is CC(C)OCC(=O)N1CC2CNCC2C1(C)C. The van der Waals surface area contributed by atoms with Crippen LogP contribution < -0.4 is 5.32 Å². The maximum Gasteiger partial charge on any atom is 0.249 e. The third kappa shape index (κ3) is 2.33. The van der Waals surface area contributed by atoms with Gasteiger partial charge in [0.05, 0.1) is 6.10 Å². The summed E-state index contributed by atoms with van der Waals surface area (Å²) < 4.78 is 5.42. The van der Waals surface area contributed by atoms with E-state index < -0.39 is 0 Å². The Balaban J connectivity index is 2.00. The second kappa shape index (κ2) is 4.58. The number of carbonyl (C=O) groups is 1. The number of amides is 1. The zero-order valence-electron chi connectivity index (χ0n) is 11.3. The second-order valence-corrected chi connectivity index (χ2v) is 6.04. The summed E-state index contributed by atoms with van der Waals surface area (Å²) in [5.74, 6) is 1.34. The van der Waals surface area contributed by atoms with Crippen LogP contribution in [0.3, 0.4) is 0 Å². The van der Waals surface area contributed by atoms with Gasteiger partial charge in [0.1, 0.15) is 6.61 Å². The molecular formula is C13H24N2O2. The predicted molar refractivity (Wildman–Crippen MR) is 66.7 cm³/mol. The number of likely N-dealkylation sites (tertiary alicyclic amines) is 1. The van der Waals surface area contributed by atoms with Crippen LogP contribution in [0.4, 0.5) is 0 Å². The first-order chi connectivity index (χ1) is 7.93. The maximum absolute atomic E-state index is 12.2. The molecule has 2 rings (SSSR count). The Labute approximate surface area is 104 Å². The van der Waals surface area contributed by atoms with Crippen molar-refractivity contribution in [2.24, 2.45) is 11.8 Å². The van der Waals surface area contributed by atoms with Crippen LogP contribution in [-0.4, -0.2) is 48.7 Å². The highest BCUT2D eigenvalue weighted by Crippen LogP contribution is 2.40. The molecule has 0 spiro atoms. The van der Waals surface area contributed by atoms with Gasteiger partial charge in [-0.1, -0.05) is 0 Å². The van der Waals surface area contributed by atoms with Gasteiger partial charge >= 0.3 is 0 Å². The van der Waals surface area contributed by atoms with Crippen molar-refractivity contribution in [3.63, 3.8) is 0 Å². The van der Waals surface area contributed by atoms with Crippen LogP contribution in [0.1, 0.15) is 27.7 Å². The normalized spacial score (nSPS) is 31.0. The first-order valence-corrected chi connectivity index (χ1v) is 6.55. The molecule has 0 bridgehead atoms. The number of carbonyl (C=O) groups excluding carboxylic acids is 1. The Morgan fingerprint density at radius 3 is 2.76 bits per heavy atom. The van der Waals surface area contributed by atoms with Crippen LogP contribution in [0.2, 0.25) is 0 Å². The molecule has 2 heterocycles. The summed E-state index contributed by atoms with van der Waals surface area (Å²) in [5.41, 5.74) is -0.0361. The lowest BCUT2D eigenvalue weighted by Crippen LogP contribution is -2.49. The van der Waals surface area contributed by atoms with Crippen molar-refractivity contribution in [2.75, 3.05) is 26.2 Å². The fourth-order valence-corrected chi connectivity index (χ4v) is 3.16. The lowest BCUT2D eigenvalue weighted by atomic mass is 9.85. The molecule has 98 valence electrons. The molecule has 2 aliphatic heterocycles. The summed E-state index contributed by atoms with van der Waals surface area (Å²) in [6.45, 7) is 11.5. The minimum absolute atomic E-state index is 0.0361. The average molecular weight is 240 g/mol. The van der Waals surface area contributed by atoms with Gasteiger partial charge in [0.2, 0.25) is 5.91 Å². The number of hydrogen-bond acceptors (Lipinski definition) is 3. The van der Waals surface area contributed by atoms with Gasteiger partial charge in [-0.2, -0.15) is 0 Å². The van der Waals surface area contributed by atoms with Crippen LogP contribution in [0.25, 0.3) is 0 Å². The third-order valence-corrected chi connectivity index (χ3v) is 4.20. The summed E-state index contributed by atoms with van der Waals surface area (Å²) in [4.78, 5) is 14.2. The van der Waals surface area contributed by atoms with Gasteiger partial charge in [0.25, 0.3) is 0 Å². The standard InChI is InChI=1S/C13H24N2O2/c1-9(2)17-8-12(16)15-7-10-5-14-6-11(10)13(15,3)4/h9-11,14H,5-8H2,1-4H3. The number of rotatable bonds is 3. The van der Waals surface area contributed by atoms with Crippen LogP contribution in [0, 0.1) is 11.8 Å². The molecule has 0 saturated carbocycles. The predicted octanol–water partition coefficient (Wildman–Crippen LogP) is 0.868. The molecule has 4 nitrogen and oxygen atoms in total. The van der Waals surface area contributed by atoms with Gasteiger partial charge in [-0.05, 0) is 39.5 Å². The first-order valence-electron chi connectivity index (χ1n) is 6.55. The smallest absolute Gasteiger partial charge is 0.249 e. The topological polar surface area (TPSA) is 41.6 Å². The maximum atomic E-state index is 12.2. The zero-order chi connectivity index (χ0) is 12.6. The van der Waals surface area contributed by atoms with E-state index in [0.29, 0.717) is 11.8 Å². The van der Waals surface area contributed by atoms with E-state index in [-0.39, 0.29) is 24.2 Å². The molecule has 0 aromatic rings. The van der Waals surface area contributed by atoms with Crippen molar-refractivity contribution in [3.05, 3.63) is 0 Å². The fourth-order valence-electron chi connectivity index (χ4n) is 3.16. The number of nitrogens with zero attached hydrogens (tertiary/aromatic N) is 1. The Morgan fingerprint density at radius 1 is 1.47 bits per heavy atom. The molecular weight excluding hydrogens is 216 g/mol. The lowest BCUT2D eigenvalue weighted by Gasteiger charge is -2.35. The molecule has 0 aromatic heterocycles. The van der Waals surface area contributed by atoms with E-state index in [0.717, 1.165) is 19.6 Å². The van der Waals surface area contributed by atoms with E-state index in [9.17, 15) is 4.79 Å². The highest BCUT2D eigenvalue weighted by atomic mass is 16.5. The average Bonchev–Trinajstić information content (AvgIpc) is 2.78. The molecule has 0 aromatic carbocycles. The molecule has 2 fully saturated rings. The zero-order valence-corrected chi connectivity index (χ0v) is 11.3. The Kier molecular flexibility index (Phi) is 3.46. The molecule has 0 radical (unpaired) electrons. The minimum Gasteiger partial charge on any atom is -0.369 e. The van der Waals surface area contributed by atoms with Crippen molar-refractivity contribution in [2.45, 2.75) is 39.3 Å². The Hall–Kier alpha value is -0.610. The number of ether oxygens (including phenoxy) is 1. The van der Waals surface area contributed by atoms with E-state index >= 15 is 0 Å². The highest BCUT2D eigenvalue weighted by Gasteiger charge is 2.51. The number of nitrogens with one attached hydrogen (secondary N) is 1. The fraction of sp³-hybridized carbons (Fsp3) is 0.923. The molecule has 2 saturated heterocycles. The van der Waals surface area contributed by atoms with Crippen molar-refractivity contribution in [1.82, 2.24) is 10.2 Å². The van der Waals surface area contributed by atoms with Gasteiger partial charge in [0.15, 0.2) is 0 Å². The molecule has 1 amide bonds. The number of hydrogen-bond donors (Lipinski definition) is 1. The molecule has 4 heteroatoms. The summed E-state index contributed by atoms with van der Waals surface area (Å²) in [6, 6.07) is 0. The van der Waals surface area contributed by atoms with Crippen molar-refractivity contribution in [3.8, 4) is 0 Å². The van der Waals surface area contributed by atoms with E-state index in [1.165, 1.54) is 0 Å². The van der Waals surface area contributed by atoms with Gasteiger partial charge in [-0.3, -0.25) is 4.79 Å². The summed E-state index contributed by atoms with van der Waals surface area (Å²) in [7, 11) is 0. The monoisotopic (exact) mass is 240 g/mol. The molecule has 0 aliphatic carbocycles. The molecule has 2 atom stereocenters. The molecule has 1 N–H and O–H groups in total. The van der Waals surface area contributed by atoms with Crippen LogP contribution in [-0.2, 0) is 9.53 Å². The number of fused-ring (bicyclic) bond motifs is 1. The summed E-state index contributed by atoms with van der Waals surface area (Å²) in [6.07, 6.45) is 0.117. The van der Waals surface area contributed by atoms with Crippen LogP contribution >= 0.6 is 0 Å². The van der Waals surface area contributed by atoms with Crippen LogP contribution in [0.15, 0.2) is 0 Å². The molecule has 2 unspecified atom stereocenters. The summed E-state index contributed by atoms with van der Waals surface area (Å²) in [5, 5.41) is 3.42. The summed E-state index contributed by atoms with van der Waals surface area (Å²) >= 11 is 0. The Morgan fingerprint density at radius 2 is 2.18 bits per heavy atom. The highest BCUT2D eigenvalue weighted by molar-refractivity contribution is 5.78. The van der Waals surface area contributed by atoms with Crippen LogP contribution in [0.5, 0.6) is 0 Å². The Bertz CT molecular complexity index is 302. The molecule has 17 heavy (non-hydrogen) atoms. The van der Waals surface area contributed by atoms with E-state index in [1.807, 2.05) is 18.7 Å². The molecule has 2 aliphatic rings. The third-order valence-electron chi connectivity index (χ3n) is 4.20. The van der Waals surface area contributed by atoms with Gasteiger partial charge in [-0.25, -0.2) is 0 Å². The van der Waals surface area contributed by atoms with E-state index in [4.69, 9.17) is 4.74 Å². The minimum atomic E-state index is -0.0361.